The standard InChI is InChI=1S/C21H15N5O4S3/c1-12-3-2-9-26-17(12)24-19-15(20(26)28)11-16(32-19)18(27)23-13-4-6-14(7-5-13)33(29,30)25-21-22-8-10-31-21/h2-11H,1H3,(H,22,25)(H,23,27). The van der Waals surface area contributed by atoms with E-state index in [2.05, 4.69) is 20.0 Å². The molecule has 1 amide bonds. The Morgan fingerprint density at radius 3 is 2.67 bits per heavy atom. The topological polar surface area (TPSA) is 123 Å². The Bertz CT molecular complexity index is 1670. The van der Waals surface area contributed by atoms with E-state index in [1.54, 1.807) is 17.6 Å². The average molecular weight is 498 g/mol. The molecule has 4 heterocycles. The number of amides is 1. The summed E-state index contributed by atoms with van der Waals surface area (Å²) >= 11 is 2.30. The largest absolute Gasteiger partial charge is 0.321 e. The van der Waals surface area contributed by atoms with Crippen molar-refractivity contribution in [2.75, 3.05) is 10.0 Å². The molecule has 0 aliphatic heterocycles. The van der Waals surface area contributed by atoms with Crippen LogP contribution >= 0.6 is 22.7 Å². The molecule has 166 valence electrons. The summed E-state index contributed by atoms with van der Waals surface area (Å²) < 4.78 is 28.7. The van der Waals surface area contributed by atoms with E-state index in [1.807, 2.05) is 13.0 Å². The van der Waals surface area contributed by atoms with E-state index in [9.17, 15) is 18.0 Å². The molecule has 0 atom stereocenters. The van der Waals surface area contributed by atoms with Gasteiger partial charge in [0.05, 0.1) is 15.2 Å². The van der Waals surface area contributed by atoms with Crippen LogP contribution in [-0.2, 0) is 10.0 Å². The predicted molar refractivity (Wildman–Crippen MR) is 129 cm³/mol. The molecule has 0 fully saturated rings. The van der Waals surface area contributed by atoms with Crippen LogP contribution in [0.3, 0.4) is 0 Å². The summed E-state index contributed by atoms with van der Waals surface area (Å²) in [4.78, 5) is 34.9. The van der Waals surface area contributed by atoms with E-state index in [1.165, 1.54) is 52.3 Å². The second kappa shape index (κ2) is 8.06. The summed E-state index contributed by atoms with van der Waals surface area (Å²) in [6.07, 6.45) is 3.15. The zero-order valence-electron chi connectivity index (χ0n) is 17.0. The van der Waals surface area contributed by atoms with Crippen molar-refractivity contribution < 1.29 is 13.2 Å². The minimum Gasteiger partial charge on any atom is -0.321 e. The van der Waals surface area contributed by atoms with E-state index in [-0.39, 0.29) is 15.6 Å². The molecule has 2 N–H and O–H groups in total. The number of thiazole rings is 1. The first-order valence-corrected chi connectivity index (χ1v) is 12.7. The highest BCUT2D eigenvalue weighted by atomic mass is 32.2. The number of thiophene rings is 1. The minimum absolute atomic E-state index is 0.0387. The number of fused-ring (bicyclic) bond motifs is 2. The van der Waals surface area contributed by atoms with Gasteiger partial charge in [-0.15, -0.1) is 22.7 Å². The van der Waals surface area contributed by atoms with Crippen LogP contribution in [0.5, 0.6) is 0 Å². The van der Waals surface area contributed by atoms with Crippen LogP contribution in [0, 0.1) is 6.92 Å². The van der Waals surface area contributed by atoms with Gasteiger partial charge in [-0.1, -0.05) is 6.07 Å². The number of aromatic nitrogens is 3. The highest BCUT2D eigenvalue weighted by Crippen LogP contribution is 2.25. The van der Waals surface area contributed by atoms with Gasteiger partial charge in [-0.05, 0) is 48.9 Å². The average Bonchev–Trinajstić information content (AvgIpc) is 3.45. The molecule has 0 unspecified atom stereocenters. The van der Waals surface area contributed by atoms with Gasteiger partial charge in [0.15, 0.2) is 5.13 Å². The van der Waals surface area contributed by atoms with E-state index < -0.39 is 15.9 Å². The maximum absolute atomic E-state index is 12.8. The van der Waals surface area contributed by atoms with Gasteiger partial charge < -0.3 is 5.32 Å². The monoisotopic (exact) mass is 497 g/mol. The van der Waals surface area contributed by atoms with E-state index >= 15 is 0 Å². The molecule has 0 bridgehead atoms. The molecule has 33 heavy (non-hydrogen) atoms. The van der Waals surface area contributed by atoms with Crippen LogP contribution in [0.2, 0.25) is 0 Å². The molecule has 5 aromatic rings. The zero-order chi connectivity index (χ0) is 23.2. The van der Waals surface area contributed by atoms with Crippen molar-refractivity contribution in [3.05, 3.63) is 81.0 Å². The highest BCUT2D eigenvalue weighted by Gasteiger charge is 2.18. The number of rotatable bonds is 5. The Hall–Kier alpha value is -3.61. The minimum atomic E-state index is -3.78. The normalized spacial score (nSPS) is 11.7. The number of aryl methyl sites for hydroxylation is 1. The zero-order valence-corrected chi connectivity index (χ0v) is 19.4. The van der Waals surface area contributed by atoms with Crippen molar-refractivity contribution in [3.8, 4) is 0 Å². The number of anilines is 2. The molecular formula is C21H15N5O4S3. The number of pyridine rings is 1. The van der Waals surface area contributed by atoms with Crippen molar-refractivity contribution in [2.24, 2.45) is 0 Å². The van der Waals surface area contributed by atoms with Gasteiger partial charge in [-0.25, -0.2) is 18.4 Å². The summed E-state index contributed by atoms with van der Waals surface area (Å²) in [5.74, 6) is -0.417. The predicted octanol–water partition coefficient (Wildman–Crippen LogP) is 3.73. The Morgan fingerprint density at radius 1 is 1.15 bits per heavy atom. The highest BCUT2D eigenvalue weighted by molar-refractivity contribution is 7.93. The molecular weight excluding hydrogens is 482 g/mol. The first kappa shape index (κ1) is 21.2. The smallest absolute Gasteiger partial charge is 0.266 e. The maximum atomic E-state index is 12.8. The first-order valence-electron chi connectivity index (χ1n) is 9.57. The van der Waals surface area contributed by atoms with Gasteiger partial charge in [0.2, 0.25) is 0 Å². The number of carbonyl (C=O) groups excluding carboxylic acids is 1. The summed E-state index contributed by atoms with van der Waals surface area (Å²) in [5, 5.41) is 5.02. The van der Waals surface area contributed by atoms with Crippen LogP contribution in [-0.4, -0.2) is 28.7 Å². The number of nitrogens with one attached hydrogen (secondary N) is 2. The van der Waals surface area contributed by atoms with Crippen LogP contribution < -0.4 is 15.6 Å². The van der Waals surface area contributed by atoms with E-state index in [0.717, 1.165) is 16.9 Å². The van der Waals surface area contributed by atoms with Crippen LogP contribution in [0.4, 0.5) is 10.8 Å². The molecule has 9 nitrogen and oxygen atoms in total. The van der Waals surface area contributed by atoms with E-state index in [4.69, 9.17) is 0 Å². The van der Waals surface area contributed by atoms with Gasteiger partial charge in [0.25, 0.3) is 21.5 Å². The van der Waals surface area contributed by atoms with Gasteiger partial charge in [0.1, 0.15) is 10.5 Å². The fraction of sp³-hybridized carbons (Fsp3) is 0.0476. The number of hydrogen-bond donors (Lipinski definition) is 2. The molecule has 1 aromatic carbocycles. The summed E-state index contributed by atoms with van der Waals surface area (Å²) in [6.45, 7) is 1.87. The molecule has 0 saturated carbocycles. The maximum Gasteiger partial charge on any atom is 0.266 e. The lowest BCUT2D eigenvalue weighted by molar-refractivity contribution is 0.103. The molecule has 12 heteroatoms. The van der Waals surface area contributed by atoms with Crippen LogP contribution in [0.1, 0.15) is 15.2 Å². The third-order valence-electron chi connectivity index (χ3n) is 4.83. The Kier molecular flexibility index (Phi) is 5.19. The van der Waals surface area contributed by atoms with Crippen LogP contribution in [0.15, 0.2) is 69.9 Å². The van der Waals surface area contributed by atoms with E-state index in [0.29, 0.717) is 26.4 Å². The van der Waals surface area contributed by atoms with Crippen molar-refractivity contribution >= 4 is 65.3 Å². The third kappa shape index (κ3) is 3.99. The van der Waals surface area contributed by atoms with Gasteiger partial charge in [0, 0.05) is 23.5 Å². The lowest BCUT2D eigenvalue weighted by atomic mass is 10.2. The number of nitrogens with zero attached hydrogens (tertiary/aromatic N) is 3. The fourth-order valence-electron chi connectivity index (χ4n) is 3.23. The lowest BCUT2D eigenvalue weighted by Crippen LogP contribution is -2.15. The molecule has 0 aliphatic carbocycles. The molecule has 0 radical (unpaired) electrons. The molecule has 5 rings (SSSR count). The fourth-order valence-corrected chi connectivity index (χ4v) is 5.93. The van der Waals surface area contributed by atoms with Gasteiger partial charge >= 0.3 is 0 Å². The van der Waals surface area contributed by atoms with Crippen LogP contribution in [0.25, 0.3) is 15.9 Å². The summed E-state index contributed by atoms with van der Waals surface area (Å²) in [7, 11) is -3.78. The second-order valence-electron chi connectivity index (χ2n) is 7.05. The molecule has 4 aromatic heterocycles. The molecule has 0 spiro atoms. The second-order valence-corrected chi connectivity index (χ2v) is 10.7. The number of hydrogen-bond acceptors (Lipinski definition) is 8. The SMILES string of the molecule is Cc1cccn2c(=O)c3cc(C(=O)Nc4ccc(S(=O)(=O)Nc5nccs5)cc4)sc3nc12. The first-order chi connectivity index (χ1) is 15.8. The number of carbonyl (C=O) groups is 1. The number of sulfonamides is 1. The third-order valence-corrected chi connectivity index (χ3v) is 8.03. The number of benzene rings is 1. The van der Waals surface area contributed by atoms with Gasteiger partial charge in [-0.3, -0.25) is 18.7 Å². The molecule has 0 saturated heterocycles. The molecule has 0 aliphatic rings. The van der Waals surface area contributed by atoms with Crippen molar-refractivity contribution in [2.45, 2.75) is 11.8 Å². The Balaban J connectivity index is 1.39. The quantitative estimate of drug-likeness (QED) is 0.382. The summed E-state index contributed by atoms with van der Waals surface area (Å²) in [5.41, 5.74) is 1.58. The Labute approximate surface area is 195 Å². The lowest BCUT2D eigenvalue weighted by Gasteiger charge is -2.07. The van der Waals surface area contributed by atoms with Gasteiger partial charge in [-0.2, -0.15) is 0 Å². The van der Waals surface area contributed by atoms with Crippen molar-refractivity contribution in [1.29, 1.82) is 0 Å². The van der Waals surface area contributed by atoms with Crippen molar-refractivity contribution in [1.82, 2.24) is 14.4 Å². The van der Waals surface area contributed by atoms with Crippen molar-refractivity contribution in [3.63, 3.8) is 0 Å². The Morgan fingerprint density at radius 2 is 1.94 bits per heavy atom. The summed E-state index contributed by atoms with van der Waals surface area (Å²) in [6, 6.07) is 10.9.